The van der Waals surface area contributed by atoms with Crippen LogP contribution in [0.4, 0.5) is 0 Å². The first-order chi connectivity index (χ1) is 14.3. The summed E-state index contributed by atoms with van der Waals surface area (Å²) >= 11 is 0. The van der Waals surface area contributed by atoms with Crippen molar-refractivity contribution < 1.29 is 10.2 Å². The van der Waals surface area contributed by atoms with Crippen LogP contribution in [0.1, 0.15) is 119 Å². The first-order valence-electron chi connectivity index (χ1n) is 13.7. The van der Waals surface area contributed by atoms with E-state index in [1.807, 2.05) is 0 Å². The molecular weight excluding hydrogens is 380 g/mol. The summed E-state index contributed by atoms with van der Waals surface area (Å²) in [6.45, 7) is 16.8. The van der Waals surface area contributed by atoms with Gasteiger partial charge in [-0.2, -0.15) is 0 Å². The van der Waals surface area contributed by atoms with E-state index in [9.17, 15) is 10.2 Å². The molecule has 2 nitrogen and oxygen atoms in total. The monoisotopic (exact) mass is 432 g/mol. The number of hydrogen-bond acceptors (Lipinski definition) is 2. The summed E-state index contributed by atoms with van der Waals surface area (Å²) in [5, 5.41) is 21.0. The Labute approximate surface area is 193 Å². The summed E-state index contributed by atoms with van der Waals surface area (Å²) in [5.41, 5.74) is 1.27. The third kappa shape index (κ3) is 3.84. The molecule has 0 aromatic carbocycles. The zero-order valence-electron chi connectivity index (χ0n) is 21.7. The van der Waals surface area contributed by atoms with E-state index in [-0.39, 0.29) is 17.6 Å². The SMILES string of the molecule is C[C@H](CCC(O)C(C)(C)C)C1CC[C@H]2[C@@H]3CCC4(C)C[C@@H](O)CC[C@]4(C)[C@H]3CC[C@]12C. The minimum absolute atomic E-state index is 0.00232. The van der Waals surface area contributed by atoms with Crippen molar-refractivity contribution in [2.24, 2.45) is 51.2 Å². The average Bonchev–Trinajstić information content (AvgIpc) is 3.03. The van der Waals surface area contributed by atoms with Crippen LogP contribution in [0.2, 0.25) is 0 Å². The summed E-state index contributed by atoms with van der Waals surface area (Å²) in [4.78, 5) is 0. The summed E-state index contributed by atoms with van der Waals surface area (Å²) in [6.07, 6.45) is 13.5. The van der Waals surface area contributed by atoms with E-state index in [0.29, 0.717) is 16.2 Å². The van der Waals surface area contributed by atoms with Crippen molar-refractivity contribution in [3.63, 3.8) is 0 Å². The van der Waals surface area contributed by atoms with Crippen LogP contribution in [-0.2, 0) is 0 Å². The molecule has 4 aliphatic carbocycles. The van der Waals surface area contributed by atoms with Crippen LogP contribution in [0, 0.1) is 51.2 Å². The molecule has 0 radical (unpaired) electrons. The van der Waals surface area contributed by atoms with Crippen molar-refractivity contribution in [1.29, 1.82) is 0 Å². The maximum absolute atomic E-state index is 10.6. The Morgan fingerprint density at radius 2 is 1.58 bits per heavy atom. The second kappa shape index (κ2) is 8.00. The molecule has 0 bridgehead atoms. The van der Waals surface area contributed by atoms with E-state index in [1.165, 1.54) is 51.4 Å². The molecule has 4 saturated carbocycles. The molecule has 0 saturated heterocycles. The van der Waals surface area contributed by atoms with E-state index >= 15 is 0 Å². The lowest BCUT2D eigenvalue weighted by atomic mass is 9.40. The molecule has 4 fully saturated rings. The van der Waals surface area contributed by atoms with E-state index in [4.69, 9.17) is 0 Å². The average molecular weight is 433 g/mol. The topological polar surface area (TPSA) is 40.5 Å². The van der Waals surface area contributed by atoms with Gasteiger partial charge >= 0.3 is 0 Å². The van der Waals surface area contributed by atoms with Crippen LogP contribution >= 0.6 is 0 Å². The van der Waals surface area contributed by atoms with Gasteiger partial charge in [-0.15, -0.1) is 0 Å². The highest BCUT2D eigenvalue weighted by atomic mass is 16.3. The fourth-order valence-electron chi connectivity index (χ4n) is 9.64. The normalized spacial score (nSPS) is 49.6. The largest absolute Gasteiger partial charge is 0.393 e. The third-order valence-electron chi connectivity index (χ3n) is 12.0. The Balaban J connectivity index is 1.48. The third-order valence-corrected chi connectivity index (χ3v) is 12.0. The number of fused-ring (bicyclic) bond motifs is 5. The molecule has 2 N–H and O–H groups in total. The maximum atomic E-state index is 10.6. The zero-order valence-corrected chi connectivity index (χ0v) is 21.7. The lowest BCUT2D eigenvalue weighted by Crippen LogP contribution is -2.58. The van der Waals surface area contributed by atoms with E-state index < -0.39 is 0 Å². The standard InChI is InChI=1S/C29H52O2/c1-19(8-11-25(31)26(2,3)4)22-9-10-23-21-13-15-27(5)18-20(30)12-17-29(27,7)24(21)14-16-28(22,23)6/h19-25,30-31H,8-18H2,1-7H3/t19-,20+,21+,22?,23+,24+,25?,27?,28-,29-/m1/s1. The molecule has 0 spiro atoms. The van der Waals surface area contributed by atoms with Gasteiger partial charge in [0.2, 0.25) is 0 Å². The van der Waals surface area contributed by atoms with Gasteiger partial charge < -0.3 is 10.2 Å². The van der Waals surface area contributed by atoms with Crippen LogP contribution in [0.25, 0.3) is 0 Å². The van der Waals surface area contributed by atoms with Crippen LogP contribution in [0.15, 0.2) is 0 Å². The quantitative estimate of drug-likeness (QED) is 0.492. The van der Waals surface area contributed by atoms with Crippen LogP contribution in [0.5, 0.6) is 0 Å². The predicted molar refractivity (Wildman–Crippen MR) is 130 cm³/mol. The Hall–Kier alpha value is -0.0800. The van der Waals surface area contributed by atoms with Crippen molar-refractivity contribution in [1.82, 2.24) is 0 Å². The number of rotatable bonds is 4. The first-order valence-corrected chi connectivity index (χ1v) is 13.7. The summed E-state index contributed by atoms with van der Waals surface area (Å²) in [6, 6.07) is 0. The molecule has 0 aromatic rings. The second-order valence-electron chi connectivity index (χ2n) is 14.5. The van der Waals surface area contributed by atoms with Crippen LogP contribution < -0.4 is 0 Å². The molecule has 31 heavy (non-hydrogen) atoms. The van der Waals surface area contributed by atoms with Crippen molar-refractivity contribution >= 4 is 0 Å². The molecular formula is C29H52O2. The van der Waals surface area contributed by atoms with Gasteiger partial charge in [-0.1, -0.05) is 48.5 Å². The van der Waals surface area contributed by atoms with Gasteiger partial charge in [-0.3, -0.25) is 0 Å². The van der Waals surface area contributed by atoms with Gasteiger partial charge in [0.25, 0.3) is 0 Å². The van der Waals surface area contributed by atoms with Crippen molar-refractivity contribution in [2.45, 2.75) is 131 Å². The highest BCUT2D eigenvalue weighted by Gasteiger charge is 2.63. The van der Waals surface area contributed by atoms with Crippen LogP contribution in [-0.4, -0.2) is 22.4 Å². The minimum atomic E-state index is -0.187. The second-order valence-corrected chi connectivity index (χ2v) is 14.5. The maximum Gasteiger partial charge on any atom is 0.0588 e. The fraction of sp³-hybridized carbons (Fsp3) is 1.00. The molecule has 0 aliphatic heterocycles. The molecule has 10 atom stereocenters. The number of aliphatic hydroxyl groups is 2. The smallest absolute Gasteiger partial charge is 0.0588 e. The number of aliphatic hydroxyl groups excluding tert-OH is 2. The molecule has 0 amide bonds. The minimum Gasteiger partial charge on any atom is -0.393 e. The van der Waals surface area contributed by atoms with Gasteiger partial charge in [0.1, 0.15) is 0 Å². The predicted octanol–water partition coefficient (Wildman–Crippen LogP) is 7.22. The van der Waals surface area contributed by atoms with E-state index in [2.05, 4.69) is 48.5 Å². The van der Waals surface area contributed by atoms with Gasteiger partial charge in [0.05, 0.1) is 12.2 Å². The van der Waals surface area contributed by atoms with E-state index in [0.717, 1.165) is 48.9 Å². The lowest BCUT2D eigenvalue weighted by molar-refractivity contribution is -0.171. The first kappa shape index (κ1) is 24.1. The van der Waals surface area contributed by atoms with Crippen molar-refractivity contribution in [3.8, 4) is 0 Å². The molecule has 4 aliphatic rings. The Kier molecular flexibility index (Phi) is 6.21. The Bertz CT molecular complexity index is 652. The van der Waals surface area contributed by atoms with Gasteiger partial charge in [-0.25, -0.2) is 0 Å². The summed E-state index contributed by atoms with van der Waals surface area (Å²) < 4.78 is 0. The fourth-order valence-corrected chi connectivity index (χ4v) is 9.64. The summed E-state index contributed by atoms with van der Waals surface area (Å²) in [5.74, 6) is 4.23. The Morgan fingerprint density at radius 1 is 0.871 bits per heavy atom. The molecule has 2 heteroatoms. The molecule has 4 rings (SSSR count). The summed E-state index contributed by atoms with van der Waals surface area (Å²) in [7, 11) is 0. The van der Waals surface area contributed by atoms with Crippen LogP contribution in [0.3, 0.4) is 0 Å². The lowest BCUT2D eigenvalue weighted by Gasteiger charge is -2.65. The molecule has 0 heterocycles. The highest BCUT2D eigenvalue weighted by molar-refractivity contribution is 5.12. The van der Waals surface area contributed by atoms with Gasteiger partial charge in [-0.05, 0) is 122 Å². The van der Waals surface area contributed by atoms with Gasteiger partial charge in [0.15, 0.2) is 0 Å². The van der Waals surface area contributed by atoms with E-state index in [1.54, 1.807) is 0 Å². The van der Waals surface area contributed by atoms with Crippen molar-refractivity contribution in [2.75, 3.05) is 0 Å². The highest BCUT2D eigenvalue weighted by Crippen LogP contribution is 2.71. The zero-order chi connectivity index (χ0) is 22.8. The number of hydrogen-bond donors (Lipinski definition) is 2. The molecule has 180 valence electrons. The van der Waals surface area contributed by atoms with Gasteiger partial charge in [0, 0.05) is 0 Å². The van der Waals surface area contributed by atoms with Crippen molar-refractivity contribution in [3.05, 3.63) is 0 Å². The Morgan fingerprint density at radius 3 is 2.26 bits per heavy atom. The molecule has 3 unspecified atom stereocenters. The molecule has 0 aromatic heterocycles.